The van der Waals surface area contributed by atoms with Crippen LogP contribution in [0.2, 0.25) is 0 Å². The van der Waals surface area contributed by atoms with Crippen molar-refractivity contribution in [1.82, 2.24) is 10.1 Å². The predicted octanol–water partition coefficient (Wildman–Crippen LogP) is 5.15. The van der Waals surface area contributed by atoms with Crippen LogP contribution in [0.4, 0.5) is 13.2 Å². The van der Waals surface area contributed by atoms with Crippen molar-refractivity contribution < 1.29 is 32.3 Å². The highest BCUT2D eigenvalue weighted by atomic mass is 19.4. The minimum Gasteiger partial charge on any atom is -0.493 e. The average molecular weight is 420 g/mol. The van der Waals surface area contributed by atoms with Gasteiger partial charge in [0.15, 0.2) is 0 Å². The van der Waals surface area contributed by atoms with E-state index in [4.69, 9.17) is 14.4 Å². The normalized spacial score (nSPS) is 11.5. The van der Waals surface area contributed by atoms with Crippen LogP contribution < -0.4 is 4.74 Å². The van der Waals surface area contributed by atoms with Gasteiger partial charge < -0.3 is 14.4 Å². The fraction of sp³-hybridized carbons (Fsp3) is 0.286. The largest absolute Gasteiger partial charge is 0.493 e. The molecule has 0 radical (unpaired) electrons. The molecule has 0 amide bonds. The van der Waals surface area contributed by atoms with Crippen molar-refractivity contribution in [2.24, 2.45) is 0 Å². The summed E-state index contributed by atoms with van der Waals surface area (Å²) in [6.07, 6.45) is -4.18. The van der Waals surface area contributed by atoms with Gasteiger partial charge in [0.25, 0.3) is 5.89 Å². The zero-order valence-corrected chi connectivity index (χ0v) is 16.3. The van der Waals surface area contributed by atoms with Crippen molar-refractivity contribution in [3.8, 4) is 28.6 Å². The van der Waals surface area contributed by atoms with Gasteiger partial charge in [-0.2, -0.15) is 18.2 Å². The maximum atomic E-state index is 13.4. The molecule has 0 aliphatic rings. The maximum Gasteiger partial charge on any atom is 0.419 e. The number of rotatable bonds is 7. The summed E-state index contributed by atoms with van der Waals surface area (Å²) in [7, 11) is 0. The number of hydrogen-bond acceptors (Lipinski definition) is 5. The SMILES string of the molecule is CCOc1ccc(-c2nc(-c3ccc(CCC(=O)O)cc3C)no2)cc1C(F)(F)F. The molecular formula is C21H19F3N2O4. The summed E-state index contributed by atoms with van der Waals surface area (Å²) in [4.78, 5) is 15.0. The summed E-state index contributed by atoms with van der Waals surface area (Å²) in [5.74, 6) is -0.961. The fourth-order valence-corrected chi connectivity index (χ4v) is 3.00. The van der Waals surface area contributed by atoms with E-state index in [1.165, 1.54) is 12.1 Å². The van der Waals surface area contributed by atoms with Gasteiger partial charge in [0.1, 0.15) is 5.75 Å². The second kappa shape index (κ2) is 8.56. The van der Waals surface area contributed by atoms with Gasteiger partial charge in [-0.3, -0.25) is 4.79 Å². The minimum absolute atomic E-state index is 0.0183. The third kappa shape index (κ3) is 4.79. The molecule has 6 nitrogen and oxygen atoms in total. The molecule has 0 bridgehead atoms. The number of nitrogens with zero attached hydrogens (tertiary/aromatic N) is 2. The number of ether oxygens (including phenoxy) is 1. The van der Waals surface area contributed by atoms with Crippen LogP contribution in [0.1, 0.15) is 30.0 Å². The van der Waals surface area contributed by atoms with Crippen LogP contribution in [0, 0.1) is 6.92 Å². The van der Waals surface area contributed by atoms with Crippen LogP contribution in [-0.4, -0.2) is 27.8 Å². The second-order valence-corrected chi connectivity index (χ2v) is 6.61. The Labute approximate surface area is 170 Å². The Morgan fingerprint density at radius 1 is 1.20 bits per heavy atom. The Balaban J connectivity index is 1.90. The topological polar surface area (TPSA) is 85.5 Å². The molecule has 1 heterocycles. The van der Waals surface area contributed by atoms with Gasteiger partial charge in [-0.25, -0.2) is 0 Å². The standard InChI is InChI=1S/C21H19F3N2O4/c1-3-29-17-8-6-14(11-16(17)21(22,23)24)20-25-19(26-30-20)15-7-4-13(10-12(15)2)5-9-18(27)28/h4,6-8,10-11H,3,5,9H2,1-2H3,(H,27,28). The lowest BCUT2D eigenvalue weighted by atomic mass is 10.0. The van der Waals surface area contributed by atoms with E-state index in [0.717, 1.165) is 17.2 Å². The molecule has 30 heavy (non-hydrogen) atoms. The molecule has 158 valence electrons. The molecule has 1 N–H and O–H groups in total. The Hall–Kier alpha value is -3.36. The second-order valence-electron chi connectivity index (χ2n) is 6.61. The zero-order chi connectivity index (χ0) is 21.9. The van der Waals surface area contributed by atoms with Crippen molar-refractivity contribution >= 4 is 5.97 Å². The van der Waals surface area contributed by atoms with E-state index < -0.39 is 17.7 Å². The number of benzene rings is 2. The van der Waals surface area contributed by atoms with Gasteiger partial charge in [0, 0.05) is 17.5 Å². The van der Waals surface area contributed by atoms with E-state index in [0.29, 0.717) is 12.0 Å². The highest BCUT2D eigenvalue weighted by Crippen LogP contribution is 2.39. The lowest BCUT2D eigenvalue weighted by molar-refractivity contribution is -0.139. The first-order valence-electron chi connectivity index (χ1n) is 9.19. The average Bonchev–Trinajstić information content (AvgIpc) is 3.16. The van der Waals surface area contributed by atoms with Crippen molar-refractivity contribution in [3.63, 3.8) is 0 Å². The first kappa shape index (κ1) is 21.4. The third-order valence-electron chi connectivity index (χ3n) is 4.42. The quantitative estimate of drug-likeness (QED) is 0.569. The summed E-state index contributed by atoms with van der Waals surface area (Å²) in [5.41, 5.74) is 1.50. The fourth-order valence-electron chi connectivity index (χ4n) is 3.00. The maximum absolute atomic E-state index is 13.4. The number of hydrogen-bond donors (Lipinski definition) is 1. The first-order chi connectivity index (χ1) is 14.2. The van der Waals surface area contributed by atoms with Crippen LogP contribution in [0.3, 0.4) is 0 Å². The van der Waals surface area contributed by atoms with Crippen LogP contribution in [0.5, 0.6) is 5.75 Å². The molecule has 0 spiro atoms. The van der Waals surface area contributed by atoms with Crippen molar-refractivity contribution in [3.05, 3.63) is 53.1 Å². The van der Waals surface area contributed by atoms with E-state index in [1.807, 2.05) is 13.0 Å². The van der Waals surface area contributed by atoms with E-state index in [2.05, 4.69) is 10.1 Å². The molecule has 0 saturated heterocycles. The van der Waals surface area contributed by atoms with Crippen molar-refractivity contribution in [2.75, 3.05) is 6.61 Å². The number of carboxylic acids is 1. The summed E-state index contributed by atoms with van der Waals surface area (Å²) in [5, 5.41) is 12.7. The van der Waals surface area contributed by atoms with Gasteiger partial charge in [0.2, 0.25) is 5.82 Å². The lowest BCUT2D eigenvalue weighted by Gasteiger charge is -2.13. The molecule has 1 aromatic heterocycles. The number of carbonyl (C=O) groups is 1. The highest BCUT2D eigenvalue weighted by molar-refractivity contribution is 5.67. The number of aliphatic carboxylic acids is 1. The number of halogens is 3. The molecule has 9 heteroatoms. The molecule has 3 aromatic rings. The molecule has 2 aromatic carbocycles. The molecule has 0 aliphatic heterocycles. The van der Waals surface area contributed by atoms with Gasteiger partial charge in [-0.05, 0) is 49.6 Å². The number of alkyl halides is 3. The summed E-state index contributed by atoms with van der Waals surface area (Å²) < 4.78 is 50.3. The molecule has 0 unspecified atom stereocenters. The van der Waals surface area contributed by atoms with Crippen molar-refractivity contribution in [1.29, 1.82) is 0 Å². The highest BCUT2D eigenvalue weighted by Gasteiger charge is 2.35. The summed E-state index contributed by atoms with van der Waals surface area (Å²) >= 11 is 0. The molecule has 0 atom stereocenters. The predicted molar refractivity (Wildman–Crippen MR) is 102 cm³/mol. The minimum atomic E-state index is -4.59. The van der Waals surface area contributed by atoms with E-state index in [1.54, 1.807) is 19.1 Å². The number of aromatic nitrogens is 2. The Morgan fingerprint density at radius 3 is 2.60 bits per heavy atom. The van der Waals surface area contributed by atoms with Crippen LogP contribution >= 0.6 is 0 Å². The zero-order valence-electron chi connectivity index (χ0n) is 16.3. The van der Waals surface area contributed by atoms with Gasteiger partial charge in [-0.1, -0.05) is 23.4 Å². The Bertz CT molecular complexity index is 1060. The molecule has 3 rings (SSSR count). The Kier molecular flexibility index (Phi) is 6.09. The Morgan fingerprint density at radius 2 is 1.97 bits per heavy atom. The van der Waals surface area contributed by atoms with Crippen molar-refractivity contribution in [2.45, 2.75) is 32.9 Å². The van der Waals surface area contributed by atoms with E-state index in [9.17, 15) is 18.0 Å². The van der Waals surface area contributed by atoms with Gasteiger partial charge in [-0.15, -0.1) is 0 Å². The van der Waals surface area contributed by atoms with Crippen LogP contribution in [0.15, 0.2) is 40.9 Å². The molecular weight excluding hydrogens is 401 g/mol. The number of aryl methyl sites for hydroxylation is 2. The molecule has 0 fully saturated rings. The summed E-state index contributed by atoms with van der Waals surface area (Å²) in [6.45, 7) is 3.52. The lowest BCUT2D eigenvalue weighted by Crippen LogP contribution is -2.08. The van der Waals surface area contributed by atoms with Crippen LogP contribution in [0.25, 0.3) is 22.8 Å². The van der Waals surface area contributed by atoms with E-state index in [-0.39, 0.29) is 36.1 Å². The monoisotopic (exact) mass is 420 g/mol. The third-order valence-corrected chi connectivity index (χ3v) is 4.42. The summed E-state index contributed by atoms with van der Waals surface area (Å²) in [6, 6.07) is 8.91. The number of carboxylic acid groups (broad SMARTS) is 1. The van der Waals surface area contributed by atoms with Gasteiger partial charge in [0.05, 0.1) is 12.2 Å². The first-order valence-corrected chi connectivity index (χ1v) is 9.19. The van der Waals surface area contributed by atoms with Gasteiger partial charge >= 0.3 is 12.1 Å². The molecule has 0 saturated carbocycles. The van der Waals surface area contributed by atoms with E-state index >= 15 is 0 Å². The smallest absolute Gasteiger partial charge is 0.419 e. The van der Waals surface area contributed by atoms with Crippen LogP contribution in [-0.2, 0) is 17.4 Å². The molecule has 0 aliphatic carbocycles.